The number of rotatable bonds is 5. The van der Waals surface area contributed by atoms with Gasteiger partial charge >= 0.3 is 11.9 Å². The molecule has 0 atom stereocenters. The SMILES string of the molecule is COC(=O)Cc1nn(CC2(C(=O)OC)CC2)c(=O)c2ccccc12. The Hall–Kier alpha value is -2.70. The molecule has 3 rings (SSSR count). The maximum Gasteiger partial charge on any atom is 0.313 e. The van der Waals surface area contributed by atoms with Crippen LogP contribution in [0.15, 0.2) is 29.1 Å². The van der Waals surface area contributed by atoms with Crippen LogP contribution in [0, 0.1) is 5.41 Å². The van der Waals surface area contributed by atoms with Crippen molar-refractivity contribution in [3.8, 4) is 0 Å². The topological polar surface area (TPSA) is 87.5 Å². The predicted molar refractivity (Wildman–Crippen MR) is 85.4 cm³/mol. The lowest BCUT2D eigenvalue weighted by Gasteiger charge is -2.15. The Bertz CT molecular complexity index is 867. The number of esters is 2. The van der Waals surface area contributed by atoms with Crippen LogP contribution < -0.4 is 5.56 Å². The molecular formula is C17H18N2O5. The number of nitrogens with zero attached hydrogens (tertiary/aromatic N) is 2. The molecule has 1 aliphatic carbocycles. The lowest BCUT2D eigenvalue weighted by atomic mass is 10.1. The van der Waals surface area contributed by atoms with E-state index in [1.165, 1.54) is 18.9 Å². The van der Waals surface area contributed by atoms with Gasteiger partial charge < -0.3 is 9.47 Å². The quantitative estimate of drug-likeness (QED) is 0.762. The molecule has 0 unspecified atom stereocenters. The third-order valence-electron chi connectivity index (χ3n) is 4.41. The van der Waals surface area contributed by atoms with Gasteiger partial charge in [0.25, 0.3) is 5.56 Å². The molecule has 0 aliphatic heterocycles. The summed E-state index contributed by atoms with van der Waals surface area (Å²) in [5.41, 5.74) is -0.511. The molecule has 24 heavy (non-hydrogen) atoms. The zero-order valence-electron chi connectivity index (χ0n) is 13.6. The molecule has 0 radical (unpaired) electrons. The second-order valence-corrected chi connectivity index (χ2v) is 5.98. The molecule has 0 N–H and O–H groups in total. The highest BCUT2D eigenvalue weighted by atomic mass is 16.5. The number of hydrogen-bond donors (Lipinski definition) is 0. The zero-order valence-corrected chi connectivity index (χ0v) is 13.6. The summed E-state index contributed by atoms with van der Waals surface area (Å²) in [6.45, 7) is 0.150. The monoisotopic (exact) mass is 330 g/mol. The van der Waals surface area contributed by atoms with Crippen molar-refractivity contribution < 1.29 is 19.1 Å². The summed E-state index contributed by atoms with van der Waals surface area (Å²) in [6.07, 6.45) is 1.28. The van der Waals surface area contributed by atoms with Crippen LogP contribution in [0.2, 0.25) is 0 Å². The Morgan fingerprint density at radius 2 is 1.83 bits per heavy atom. The maximum atomic E-state index is 12.7. The van der Waals surface area contributed by atoms with E-state index in [0.717, 1.165) is 0 Å². The van der Waals surface area contributed by atoms with Gasteiger partial charge in [0.2, 0.25) is 0 Å². The fourth-order valence-corrected chi connectivity index (χ4v) is 2.83. The number of methoxy groups -OCH3 is 2. The van der Waals surface area contributed by atoms with Crippen LogP contribution in [-0.4, -0.2) is 35.9 Å². The van der Waals surface area contributed by atoms with Crippen molar-refractivity contribution in [2.45, 2.75) is 25.8 Å². The number of fused-ring (bicyclic) bond motifs is 1. The molecule has 1 heterocycles. The van der Waals surface area contributed by atoms with Crippen LogP contribution in [0.25, 0.3) is 10.8 Å². The molecule has 1 fully saturated rings. The van der Waals surface area contributed by atoms with Crippen LogP contribution in [0.4, 0.5) is 0 Å². The van der Waals surface area contributed by atoms with Gasteiger partial charge in [-0.2, -0.15) is 5.10 Å². The first-order chi connectivity index (χ1) is 11.5. The lowest BCUT2D eigenvalue weighted by Crippen LogP contribution is -2.32. The summed E-state index contributed by atoms with van der Waals surface area (Å²) in [5, 5.41) is 5.41. The second-order valence-electron chi connectivity index (χ2n) is 5.98. The van der Waals surface area contributed by atoms with Gasteiger partial charge in [-0.1, -0.05) is 18.2 Å². The largest absolute Gasteiger partial charge is 0.469 e. The molecule has 0 amide bonds. The lowest BCUT2D eigenvalue weighted by molar-refractivity contribution is -0.147. The minimum atomic E-state index is -0.684. The van der Waals surface area contributed by atoms with Crippen LogP contribution in [0.3, 0.4) is 0 Å². The number of carbonyl (C=O) groups is 2. The summed E-state index contributed by atoms with van der Waals surface area (Å²) in [6, 6.07) is 6.97. The van der Waals surface area contributed by atoms with Crippen LogP contribution in [0.1, 0.15) is 18.5 Å². The van der Waals surface area contributed by atoms with Crippen LogP contribution in [-0.2, 0) is 32.0 Å². The van der Waals surface area contributed by atoms with Crippen molar-refractivity contribution in [2.24, 2.45) is 5.41 Å². The molecule has 1 saturated carbocycles. The van der Waals surface area contributed by atoms with E-state index in [4.69, 9.17) is 9.47 Å². The van der Waals surface area contributed by atoms with Crippen molar-refractivity contribution >= 4 is 22.7 Å². The smallest absolute Gasteiger partial charge is 0.313 e. The average molecular weight is 330 g/mol. The first kappa shape index (κ1) is 16.2. The van der Waals surface area contributed by atoms with E-state index in [1.54, 1.807) is 24.3 Å². The summed E-state index contributed by atoms with van der Waals surface area (Å²) in [4.78, 5) is 36.3. The summed E-state index contributed by atoms with van der Waals surface area (Å²) < 4.78 is 10.8. The fourth-order valence-electron chi connectivity index (χ4n) is 2.83. The Balaban J connectivity index is 2.08. The van der Waals surface area contributed by atoms with Crippen molar-refractivity contribution in [2.75, 3.05) is 14.2 Å². The third-order valence-corrected chi connectivity index (χ3v) is 4.41. The molecule has 1 aromatic carbocycles. The van der Waals surface area contributed by atoms with Gasteiger partial charge in [0.05, 0.1) is 43.7 Å². The average Bonchev–Trinajstić information content (AvgIpc) is 3.39. The van der Waals surface area contributed by atoms with Gasteiger partial charge in [0.1, 0.15) is 0 Å². The van der Waals surface area contributed by atoms with Gasteiger partial charge in [-0.15, -0.1) is 0 Å². The molecule has 1 aromatic heterocycles. The van der Waals surface area contributed by atoms with Crippen molar-refractivity contribution in [1.82, 2.24) is 9.78 Å². The van der Waals surface area contributed by atoms with Crippen LogP contribution in [0.5, 0.6) is 0 Å². The minimum Gasteiger partial charge on any atom is -0.469 e. The van der Waals surface area contributed by atoms with Gasteiger partial charge in [0.15, 0.2) is 0 Å². The highest BCUT2D eigenvalue weighted by Gasteiger charge is 2.52. The van der Waals surface area contributed by atoms with E-state index in [2.05, 4.69) is 5.10 Å². The molecule has 2 aromatic rings. The summed E-state index contributed by atoms with van der Waals surface area (Å²) >= 11 is 0. The number of hydrogen-bond acceptors (Lipinski definition) is 6. The Labute approximate surface area is 138 Å². The normalized spacial score (nSPS) is 15.1. The molecule has 0 spiro atoms. The standard InChI is InChI=1S/C17H18N2O5/c1-23-14(20)9-13-11-5-3-4-6-12(11)15(21)19(18-13)10-17(7-8-17)16(22)24-2/h3-6H,7-10H2,1-2H3. The van der Waals surface area contributed by atoms with E-state index < -0.39 is 11.4 Å². The maximum absolute atomic E-state index is 12.7. The Morgan fingerprint density at radius 3 is 2.42 bits per heavy atom. The first-order valence-electron chi connectivity index (χ1n) is 7.65. The number of benzene rings is 1. The number of carbonyl (C=O) groups excluding carboxylic acids is 2. The highest BCUT2D eigenvalue weighted by molar-refractivity contribution is 5.87. The van der Waals surface area contributed by atoms with Gasteiger partial charge in [-0.3, -0.25) is 14.4 Å². The molecule has 0 bridgehead atoms. The second kappa shape index (κ2) is 6.07. The molecule has 126 valence electrons. The summed E-state index contributed by atoms with van der Waals surface area (Å²) in [7, 11) is 2.64. The van der Waals surface area contributed by atoms with Crippen LogP contribution >= 0.6 is 0 Å². The van der Waals surface area contributed by atoms with E-state index in [0.29, 0.717) is 29.3 Å². The van der Waals surface area contributed by atoms with Crippen molar-refractivity contribution in [3.63, 3.8) is 0 Å². The molecule has 1 aliphatic rings. The van der Waals surface area contributed by atoms with E-state index in [1.807, 2.05) is 0 Å². The van der Waals surface area contributed by atoms with Gasteiger partial charge in [-0.25, -0.2) is 4.68 Å². The summed E-state index contributed by atoms with van der Waals surface area (Å²) in [5.74, 6) is -0.772. The fraction of sp³-hybridized carbons (Fsp3) is 0.412. The predicted octanol–water partition coefficient (Wildman–Crippen LogP) is 1.07. The number of aromatic nitrogens is 2. The van der Waals surface area contributed by atoms with Gasteiger partial charge in [0, 0.05) is 5.39 Å². The highest BCUT2D eigenvalue weighted by Crippen LogP contribution is 2.47. The Kier molecular flexibility index (Phi) is 4.09. The molecule has 0 saturated heterocycles. The number of ether oxygens (including phenoxy) is 2. The third kappa shape index (κ3) is 2.77. The van der Waals surface area contributed by atoms with E-state index in [-0.39, 0.29) is 24.5 Å². The molecule has 7 nitrogen and oxygen atoms in total. The van der Waals surface area contributed by atoms with E-state index in [9.17, 15) is 14.4 Å². The first-order valence-corrected chi connectivity index (χ1v) is 7.65. The molecular weight excluding hydrogens is 312 g/mol. The van der Waals surface area contributed by atoms with E-state index >= 15 is 0 Å². The zero-order chi connectivity index (χ0) is 17.3. The Morgan fingerprint density at radius 1 is 1.17 bits per heavy atom. The molecule has 7 heteroatoms. The van der Waals surface area contributed by atoms with Crippen molar-refractivity contribution in [1.29, 1.82) is 0 Å². The van der Waals surface area contributed by atoms with Gasteiger partial charge in [-0.05, 0) is 18.9 Å². The minimum absolute atomic E-state index is 0.0392. The van der Waals surface area contributed by atoms with Crippen molar-refractivity contribution in [3.05, 3.63) is 40.3 Å².